The molecule has 2 N–H and O–H groups in total. The van der Waals surface area contributed by atoms with Crippen molar-refractivity contribution in [2.75, 3.05) is 17.2 Å². The van der Waals surface area contributed by atoms with Crippen molar-refractivity contribution >= 4 is 29.1 Å². The van der Waals surface area contributed by atoms with Gasteiger partial charge in [0.1, 0.15) is 11.8 Å². The molecule has 4 aromatic rings. The summed E-state index contributed by atoms with van der Waals surface area (Å²) in [7, 11) is 0. The zero-order valence-electron chi connectivity index (χ0n) is 19.2. The molecule has 0 aliphatic carbocycles. The lowest BCUT2D eigenvalue weighted by Crippen LogP contribution is -2.31. The van der Waals surface area contributed by atoms with Crippen LogP contribution in [0.5, 0.6) is 5.75 Å². The third-order valence-electron chi connectivity index (χ3n) is 5.64. The molecule has 1 atom stereocenters. The minimum Gasteiger partial charge on any atom is -0.494 e. The molecule has 0 spiro atoms. The second-order valence-electron chi connectivity index (χ2n) is 7.94. The molecule has 1 aliphatic heterocycles. The molecular weight excluding hydrogens is 464 g/mol. The third kappa shape index (κ3) is 4.48. The van der Waals surface area contributed by atoms with E-state index in [1.54, 1.807) is 35.3 Å². The summed E-state index contributed by atoms with van der Waals surface area (Å²) in [6.45, 7) is 4.38. The molecule has 8 nitrogen and oxygen atoms in total. The van der Waals surface area contributed by atoms with E-state index < -0.39 is 6.04 Å². The van der Waals surface area contributed by atoms with Gasteiger partial charge in [0.2, 0.25) is 5.95 Å². The second-order valence-corrected chi connectivity index (χ2v) is 8.35. The topological polar surface area (TPSA) is 94.0 Å². The molecule has 9 heteroatoms. The summed E-state index contributed by atoms with van der Waals surface area (Å²) in [5.41, 5.74) is 3.31. The van der Waals surface area contributed by atoms with E-state index in [0.29, 0.717) is 40.4 Å². The summed E-state index contributed by atoms with van der Waals surface area (Å²) in [5.74, 6) is 1.54. The van der Waals surface area contributed by atoms with Crippen molar-refractivity contribution in [3.8, 4) is 17.1 Å². The Kier molecular flexibility index (Phi) is 6.20. The zero-order valence-corrected chi connectivity index (χ0v) is 20.0. The molecule has 0 saturated carbocycles. The summed E-state index contributed by atoms with van der Waals surface area (Å²) in [6.07, 6.45) is 3.25. The molecule has 5 rings (SSSR count). The molecule has 3 heterocycles. The van der Waals surface area contributed by atoms with Crippen molar-refractivity contribution in [1.29, 1.82) is 0 Å². The highest BCUT2D eigenvalue weighted by Crippen LogP contribution is 2.39. The van der Waals surface area contributed by atoms with Crippen LogP contribution in [-0.2, 0) is 4.79 Å². The smallest absolute Gasteiger partial charge is 0.255 e. The van der Waals surface area contributed by atoms with Gasteiger partial charge in [0.15, 0.2) is 5.82 Å². The van der Waals surface area contributed by atoms with Gasteiger partial charge in [-0.25, -0.2) is 4.68 Å². The minimum absolute atomic E-state index is 0.281. The molecule has 176 valence electrons. The maximum atomic E-state index is 13.5. The summed E-state index contributed by atoms with van der Waals surface area (Å²) in [4.78, 5) is 22.3. The molecular formula is C26H23ClN6O2. The number of ether oxygens (including phenoxy) is 1. The predicted molar refractivity (Wildman–Crippen MR) is 135 cm³/mol. The van der Waals surface area contributed by atoms with Gasteiger partial charge in [0, 0.05) is 28.0 Å². The monoisotopic (exact) mass is 486 g/mol. The van der Waals surface area contributed by atoms with E-state index in [0.717, 1.165) is 16.9 Å². The lowest BCUT2D eigenvalue weighted by molar-refractivity contribution is -0.113. The highest BCUT2D eigenvalue weighted by Gasteiger charge is 2.35. The Morgan fingerprint density at radius 2 is 1.94 bits per heavy atom. The maximum absolute atomic E-state index is 13.5. The number of hydrogen-bond acceptors (Lipinski definition) is 6. The van der Waals surface area contributed by atoms with Crippen LogP contribution in [0.15, 0.2) is 84.3 Å². The summed E-state index contributed by atoms with van der Waals surface area (Å²) >= 11 is 6.61. The first-order valence-electron chi connectivity index (χ1n) is 11.2. The van der Waals surface area contributed by atoms with Crippen LogP contribution in [0.25, 0.3) is 11.4 Å². The summed E-state index contributed by atoms with van der Waals surface area (Å²) in [6, 6.07) is 18.0. The van der Waals surface area contributed by atoms with Crippen LogP contribution < -0.4 is 15.4 Å². The fourth-order valence-corrected chi connectivity index (χ4v) is 4.29. The van der Waals surface area contributed by atoms with Crippen molar-refractivity contribution in [3.05, 3.63) is 94.9 Å². The Morgan fingerprint density at radius 1 is 1.14 bits per heavy atom. The van der Waals surface area contributed by atoms with Crippen LogP contribution in [0.2, 0.25) is 5.02 Å². The predicted octanol–water partition coefficient (Wildman–Crippen LogP) is 5.32. The number of fused-ring (bicyclic) bond motifs is 1. The van der Waals surface area contributed by atoms with E-state index in [1.807, 2.05) is 56.3 Å². The average molecular weight is 487 g/mol. The zero-order chi connectivity index (χ0) is 24.4. The fourth-order valence-electron chi connectivity index (χ4n) is 4.05. The maximum Gasteiger partial charge on any atom is 0.255 e. The largest absolute Gasteiger partial charge is 0.494 e. The van der Waals surface area contributed by atoms with Gasteiger partial charge < -0.3 is 15.4 Å². The van der Waals surface area contributed by atoms with Gasteiger partial charge in [0.05, 0.1) is 24.1 Å². The molecule has 0 radical (unpaired) electrons. The Bertz CT molecular complexity index is 1400. The van der Waals surface area contributed by atoms with Crippen LogP contribution in [-0.4, -0.2) is 32.3 Å². The number of rotatable bonds is 6. The van der Waals surface area contributed by atoms with Gasteiger partial charge >= 0.3 is 0 Å². The standard InChI is InChI=1S/C26H23ClN6O2/c1-3-35-19-12-10-17(11-13-19)24-31-26-29-16(2)22(25(34)30-18-7-6-14-28-15-18)23(33(26)32-24)20-8-4-5-9-21(20)27/h4-15,23H,3H2,1-2H3,(H,30,34)(H,29,31,32)/t23-/m1/s1. The van der Waals surface area contributed by atoms with E-state index in [1.165, 1.54) is 0 Å². The number of nitrogens with one attached hydrogen (secondary N) is 2. The number of hydrogen-bond donors (Lipinski definition) is 2. The lowest BCUT2D eigenvalue weighted by atomic mass is 9.95. The Morgan fingerprint density at radius 3 is 2.66 bits per heavy atom. The van der Waals surface area contributed by atoms with Crippen molar-refractivity contribution in [2.45, 2.75) is 19.9 Å². The molecule has 2 aromatic heterocycles. The minimum atomic E-state index is -0.583. The van der Waals surface area contributed by atoms with Crippen molar-refractivity contribution in [2.24, 2.45) is 0 Å². The molecule has 0 unspecified atom stereocenters. The first-order chi connectivity index (χ1) is 17.0. The van der Waals surface area contributed by atoms with E-state index in [4.69, 9.17) is 26.4 Å². The van der Waals surface area contributed by atoms with Gasteiger partial charge in [0.25, 0.3) is 5.91 Å². The normalized spacial score (nSPS) is 14.8. The van der Waals surface area contributed by atoms with Crippen molar-refractivity contribution in [3.63, 3.8) is 0 Å². The van der Waals surface area contributed by atoms with Crippen LogP contribution in [0.4, 0.5) is 11.6 Å². The number of carbonyl (C=O) groups is 1. The fraction of sp³-hybridized carbons (Fsp3) is 0.154. The van der Waals surface area contributed by atoms with Crippen LogP contribution >= 0.6 is 11.6 Å². The number of aromatic nitrogens is 4. The van der Waals surface area contributed by atoms with E-state index >= 15 is 0 Å². The van der Waals surface area contributed by atoms with Gasteiger partial charge in [-0.05, 0) is 56.3 Å². The summed E-state index contributed by atoms with van der Waals surface area (Å²) in [5, 5.41) is 11.5. The number of pyridine rings is 1. The number of benzene rings is 2. The molecule has 0 fully saturated rings. The number of halogens is 1. The second kappa shape index (κ2) is 9.60. The first kappa shape index (κ1) is 22.6. The van der Waals surface area contributed by atoms with Gasteiger partial charge in [-0.15, -0.1) is 5.10 Å². The molecule has 35 heavy (non-hydrogen) atoms. The molecule has 0 saturated heterocycles. The number of amides is 1. The number of allylic oxidation sites excluding steroid dienone is 1. The van der Waals surface area contributed by atoms with Gasteiger partial charge in [-0.1, -0.05) is 29.8 Å². The number of anilines is 2. The highest BCUT2D eigenvalue weighted by atomic mass is 35.5. The van der Waals surface area contributed by atoms with E-state index in [2.05, 4.69) is 15.6 Å². The highest BCUT2D eigenvalue weighted by molar-refractivity contribution is 6.31. The molecule has 0 bridgehead atoms. The van der Waals surface area contributed by atoms with Crippen molar-refractivity contribution in [1.82, 2.24) is 19.7 Å². The first-order valence-corrected chi connectivity index (χ1v) is 11.6. The van der Waals surface area contributed by atoms with E-state index in [-0.39, 0.29) is 5.91 Å². The van der Waals surface area contributed by atoms with Crippen LogP contribution in [0.3, 0.4) is 0 Å². The third-order valence-corrected chi connectivity index (χ3v) is 5.98. The average Bonchev–Trinajstić information content (AvgIpc) is 3.28. The Hall–Kier alpha value is -4.17. The lowest BCUT2D eigenvalue weighted by Gasteiger charge is -2.29. The van der Waals surface area contributed by atoms with Crippen LogP contribution in [0.1, 0.15) is 25.5 Å². The molecule has 1 aliphatic rings. The van der Waals surface area contributed by atoms with Crippen LogP contribution in [0, 0.1) is 0 Å². The number of carbonyl (C=O) groups excluding carboxylic acids is 1. The molecule has 1 amide bonds. The molecule has 2 aromatic carbocycles. The number of nitrogens with zero attached hydrogens (tertiary/aromatic N) is 4. The SMILES string of the molecule is CCOc1ccc(-c2nc3n(n2)[C@H](c2ccccc2Cl)C(C(=O)Nc2cccnc2)=C(C)N3)cc1. The summed E-state index contributed by atoms with van der Waals surface area (Å²) < 4.78 is 7.25. The van der Waals surface area contributed by atoms with E-state index in [9.17, 15) is 4.79 Å². The van der Waals surface area contributed by atoms with Gasteiger partial charge in [-0.3, -0.25) is 9.78 Å². The Balaban J connectivity index is 1.58. The van der Waals surface area contributed by atoms with Crippen molar-refractivity contribution < 1.29 is 9.53 Å². The van der Waals surface area contributed by atoms with Gasteiger partial charge in [-0.2, -0.15) is 4.98 Å². The Labute approximate surface area is 207 Å². The quantitative estimate of drug-likeness (QED) is 0.383.